The summed E-state index contributed by atoms with van der Waals surface area (Å²) >= 11 is 0. The first kappa shape index (κ1) is 19.2. The molecular weight excluding hydrogens is 349 g/mol. The van der Waals surface area contributed by atoms with Crippen LogP contribution in [0.15, 0.2) is 35.1 Å². The minimum Gasteiger partial charge on any atom is -0.390 e. The molecule has 0 atom stereocenters. The smallest absolute Gasteiger partial charge is 0.267 e. The second-order valence-corrected chi connectivity index (χ2v) is 7.74. The van der Waals surface area contributed by atoms with Crippen molar-refractivity contribution in [1.82, 2.24) is 15.1 Å². The van der Waals surface area contributed by atoms with Gasteiger partial charge in [0.2, 0.25) is 5.91 Å². The molecule has 1 saturated carbocycles. The van der Waals surface area contributed by atoms with E-state index in [2.05, 4.69) is 10.4 Å². The lowest BCUT2D eigenvalue weighted by molar-refractivity contribution is -0.125. The molecule has 144 valence electrons. The molecular formula is C20H24FN3O3. The maximum atomic E-state index is 14.2. The van der Waals surface area contributed by atoms with Crippen molar-refractivity contribution >= 4 is 5.91 Å². The van der Waals surface area contributed by atoms with Gasteiger partial charge >= 0.3 is 0 Å². The Labute approximate surface area is 157 Å². The van der Waals surface area contributed by atoms with Crippen molar-refractivity contribution in [3.8, 4) is 11.1 Å². The molecule has 1 aromatic carbocycles. The van der Waals surface area contributed by atoms with Crippen molar-refractivity contribution in [3.63, 3.8) is 0 Å². The van der Waals surface area contributed by atoms with Gasteiger partial charge in [-0.1, -0.05) is 32.0 Å². The average Bonchev–Trinajstić information content (AvgIpc) is 2.55. The average molecular weight is 373 g/mol. The third kappa shape index (κ3) is 4.24. The highest BCUT2D eigenvalue weighted by Gasteiger charge is 2.39. The van der Waals surface area contributed by atoms with Crippen molar-refractivity contribution in [3.05, 3.63) is 52.2 Å². The van der Waals surface area contributed by atoms with E-state index in [1.807, 2.05) is 13.8 Å². The standard InChI is InChI=1S/C20H24FN3O3/c1-12(2)19-15(14-6-4-5-7-16(14)21)8-18(26)24(23-19)11-17(25)22-13-9-20(3,27)10-13/h4-8,12-13,27H,9-11H2,1-3H3,(H,22,25). The Hall–Kier alpha value is -2.54. The first-order chi connectivity index (χ1) is 12.7. The Bertz CT molecular complexity index is 913. The van der Waals surface area contributed by atoms with Crippen LogP contribution in [0.2, 0.25) is 0 Å². The maximum Gasteiger partial charge on any atom is 0.267 e. The van der Waals surface area contributed by atoms with Gasteiger partial charge in [-0.25, -0.2) is 9.07 Å². The van der Waals surface area contributed by atoms with E-state index < -0.39 is 17.0 Å². The number of rotatable bonds is 5. The highest BCUT2D eigenvalue weighted by molar-refractivity contribution is 5.76. The second-order valence-electron chi connectivity index (χ2n) is 7.74. The highest BCUT2D eigenvalue weighted by atomic mass is 19.1. The number of nitrogens with zero attached hydrogens (tertiary/aromatic N) is 2. The predicted molar refractivity (Wildman–Crippen MR) is 99.8 cm³/mol. The summed E-state index contributed by atoms with van der Waals surface area (Å²) in [4.78, 5) is 24.7. The molecule has 0 aliphatic heterocycles. The number of amides is 1. The highest BCUT2D eigenvalue weighted by Crippen LogP contribution is 2.31. The molecule has 0 radical (unpaired) electrons. The van der Waals surface area contributed by atoms with E-state index in [0.29, 0.717) is 29.7 Å². The molecule has 2 aromatic rings. The number of aromatic nitrogens is 2. The van der Waals surface area contributed by atoms with Gasteiger partial charge in [-0.2, -0.15) is 5.10 Å². The van der Waals surface area contributed by atoms with Gasteiger partial charge in [-0.05, 0) is 31.7 Å². The molecule has 3 rings (SSSR count). The monoisotopic (exact) mass is 373 g/mol. The van der Waals surface area contributed by atoms with Crippen LogP contribution in [0.3, 0.4) is 0 Å². The van der Waals surface area contributed by atoms with Gasteiger partial charge in [0.1, 0.15) is 12.4 Å². The molecule has 1 aliphatic rings. The Balaban J connectivity index is 1.85. The van der Waals surface area contributed by atoms with E-state index in [0.717, 1.165) is 4.68 Å². The number of hydrogen-bond donors (Lipinski definition) is 2. The van der Waals surface area contributed by atoms with E-state index in [-0.39, 0.29) is 24.4 Å². The minimum atomic E-state index is -0.737. The van der Waals surface area contributed by atoms with Crippen LogP contribution < -0.4 is 10.9 Å². The molecule has 2 N–H and O–H groups in total. The Morgan fingerprint density at radius 3 is 2.63 bits per heavy atom. The summed E-state index contributed by atoms with van der Waals surface area (Å²) in [6.07, 6.45) is 0.981. The largest absolute Gasteiger partial charge is 0.390 e. The van der Waals surface area contributed by atoms with Crippen LogP contribution in [0.25, 0.3) is 11.1 Å². The van der Waals surface area contributed by atoms with Crippen LogP contribution in [-0.2, 0) is 11.3 Å². The van der Waals surface area contributed by atoms with Crippen LogP contribution in [0.1, 0.15) is 45.2 Å². The maximum absolute atomic E-state index is 14.2. The third-order valence-corrected chi connectivity index (χ3v) is 4.77. The Kier molecular flexibility index (Phi) is 5.15. The fourth-order valence-corrected chi connectivity index (χ4v) is 3.45. The van der Waals surface area contributed by atoms with E-state index in [4.69, 9.17) is 0 Å². The topological polar surface area (TPSA) is 84.2 Å². The Morgan fingerprint density at radius 2 is 2.04 bits per heavy atom. The van der Waals surface area contributed by atoms with Gasteiger partial charge in [0.15, 0.2) is 0 Å². The molecule has 1 fully saturated rings. The zero-order valence-electron chi connectivity index (χ0n) is 15.7. The first-order valence-electron chi connectivity index (χ1n) is 9.05. The molecule has 0 saturated heterocycles. The molecule has 0 unspecified atom stereocenters. The van der Waals surface area contributed by atoms with E-state index >= 15 is 0 Å². The lowest BCUT2D eigenvalue weighted by Crippen LogP contribution is -2.54. The summed E-state index contributed by atoms with van der Waals surface area (Å²) in [6, 6.07) is 7.48. The lowest BCUT2D eigenvalue weighted by atomic mass is 9.77. The van der Waals surface area contributed by atoms with Crippen molar-refractivity contribution in [2.24, 2.45) is 0 Å². The van der Waals surface area contributed by atoms with Crippen molar-refractivity contribution in [2.45, 2.75) is 57.7 Å². The summed E-state index contributed by atoms with van der Waals surface area (Å²) in [6.45, 7) is 5.31. The fourth-order valence-electron chi connectivity index (χ4n) is 3.45. The van der Waals surface area contributed by atoms with E-state index in [9.17, 15) is 19.1 Å². The van der Waals surface area contributed by atoms with Gasteiger partial charge in [-0.15, -0.1) is 0 Å². The summed E-state index contributed by atoms with van der Waals surface area (Å²) in [7, 11) is 0. The number of halogens is 1. The zero-order valence-corrected chi connectivity index (χ0v) is 15.7. The van der Waals surface area contributed by atoms with Crippen molar-refractivity contribution < 1.29 is 14.3 Å². The minimum absolute atomic E-state index is 0.0590. The molecule has 0 spiro atoms. The summed E-state index contributed by atoms with van der Waals surface area (Å²) in [5.41, 5.74) is 0.116. The third-order valence-electron chi connectivity index (χ3n) is 4.77. The normalized spacial score (nSPS) is 21.8. The quantitative estimate of drug-likeness (QED) is 0.842. The molecule has 0 bridgehead atoms. The van der Waals surface area contributed by atoms with Crippen molar-refractivity contribution in [2.75, 3.05) is 0 Å². The summed E-state index contributed by atoms with van der Waals surface area (Å²) < 4.78 is 15.3. The van der Waals surface area contributed by atoms with Crippen LogP contribution in [0.5, 0.6) is 0 Å². The predicted octanol–water partition coefficient (Wildman–Crippen LogP) is 2.20. The summed E-state index contributed by atoms with van der Waals surface area (Å²) in [5, 5.41) is 16.9. The van der Waals surface area contributed by atoms with Crippen LogP contribution in [0, 0.1) is 5.82 Å². The van der Waals surface area contributed by atoms with E-state index in [1.54, 1.807) is 25.1 Å². The molecule has 27 heavy (non-hydrogen) atoms. The number of nitrogens with one attached hydrogen (secondary N) is 1. The molecule has 1 heterocycles. The van der Waals surface area contributed by atoms with Gasteiger partial charge in [0.25, 0.3) is 5.56 Å². The van der Waals surface area contributed by atoms with Crippen LogP contribution in [-0.4, -0.2) is 32.4 Å². The molecule has 1 aromatic heterocycles. The second kappa shape index (κ2) is 7.23. The molecule has 6 nitrogen and oxygen atoms in total. The van der Waals surface area contributed by atoms with Crippen LogP contribution in [0.4, 0.5) is 4.39 Å². The number of carbonyl (C=O) groups is 1. The van der Waals surface area contributed by atoms with Crippen molar-refractivity contribution in [1.29, 1.82) is 0 Å². The summed E-state index contributed by atoms with van der Waals surface area (Å²) in [5.74, 6) is -0.817. The van der Waals surface area contributed by atoms with Crippen LogP contribution >= 0.6 is 0 Å². The number of benzene rings is 1. The molecule has 1 aliphatic carbocycles. The number of aliphatic hydroxyl groups is 1. The lowest BCUT2D eigenvalue weighted by Gasteiger charge is -2.41. The molecule has 7 heteroatoms. The van der Waals surface area contributed by atoms with Gasteiger partial charge in [-0.3, -0.25) is 9.59 Å². The van der Waals surface area contributed by atoms with Gasteiger partial charge in [0, 0.05) is 23.2 Å². The SMILES string of the molecule is CC(C)c1nn(CC(=O)NC2CC(C)(O)C2)c(=O)cc1-c1ccccc1F. The van der Waals surface area contributed by atoms with Gasteiger partial charge in [0.05, 0.1) is 11.3 Å². The first-order valence-corrected chi connectivity index (χ1v) is 9.05. The zero-order chi connectivity index (χ0) is 19.8. The fraction of sp³-hybridized carbons (Fsp3) is 0.450. The van der Waals surface area contributed by atoms with Gasteiger partial charge < -0.3 is 10.4 Å². The number of carbonyl (C=O) groups excluding carboxylic acids is 1. The Morgan fingerprint density at radius 1 is 1.37 bits per heavy atom. The van der Waals surface area contributed by atoms with E-state index in [1.165, 1.54) is 12.1 Å². The molecule has 1 amide bonds. The number of hydrogen-bond acceptors (Lipinski definition) is 4.